The topological polar surface area (TPSA) is 52.0 Å². The van der Waals surface area contributed by atoms with Crippen molar-refractivity contribution < 1.29 is 4.39 Å². The molecule has 1 aromatic carbocycles. The summed E-state index contributed by atoms with van der Waals surface area (Å²) < 4.78 is 14.7. The summed E-state index contributed by atoms with van der Waals surface area (Å²) in [5.74, 6) is -0.191. The van der Waals surface area contributed by atoms with Crippen LogP contribution in [0, 0.1) is 12.7 Å². The van der Waals surface area contributed by atoms with Gasteiger partial charge in [-0.2, -0.15) is 0 Å². The van der Waals surface area contributed by atoms with Crippen molar-refractivity contribution in [2.45, 2.75) is 32.2 Å². The van der Waals surface area contributed by atoms with E-state index >= 15 is 0 Å². The van der Waals surface area contributed by atoms with Gasteiger partial charge in [-0.15, -0.1) is 12.4 Å². The minimum Gasteiger partial charge on any atom is -0.330 e. The Bertz CT molecular complexity index is 361. The Hall–Kier alpha value is -0.160. The Morgan fingerprint density at radius 1 is 1.35 bits per heavy atom. The maximum absolute atomic E-state index is 13.8. The van der Waals surface area contributed by atoms with Crippen LogP contribution in [0.4, 0.5) is 4.39 Å². The molecule has 1 atom stereocenters. The monoisotopic (exact) mass is 324 g/mol. The van der Waals surface area contributed by atoms with Gasteiger partial charge in [0.2, 0.25) is 0 Å². The maximum atomic E-state index is 13.8. The van der Waals surface area contributed by atoms with E-state index in [1.807, 2.05) is 0 Å². The second kappa shape index (κ2) is 8.03. The van der Waals surface area contributed by atoms with Gasteiger partial charge in [-0.3, -0.25) is 0 Å². The highest BCUT2D eigenvalue weighted by Crippen LogP contribution is 2.26. The molecule has 0 unspecified atom stereocenters. The molecule has 98 valence electrons. The van der Waals surface area contributed by atoms with Crippen LogP contribution in [0.15, 0.2) is 16.6 Å². The Morgan fingerprint density at radius 3 is 2.59 bits per heavy atom. The van der Waals surface area contributed by atoms with E-state index in [1.54, 1.807) is 19.1 Å². The van der Waals surface area contributed by atoms with Crippen molar-refractivity contribution in [1.82, 2.24) is 0 Å². The molecule has 0 saturated heterocycles. The molecule has 2 nitrogen and oxygen atoms in total. The first-order valence-electron chi connectivity index (χ1n) is 5.47. The first-order valence-corrected chi connectivity index (χ1v) is 6.26. The fraction of sp³-hybridized carbons (Fsp3) is 0.500. The first kappa shape index (κ1) is 16.8. The van der Waals surface area contributed by atoms with Gasteiger partial charge in [-0.1, -0.05) is 22.4 Å². The molecule has 0 aliphatic heterocycles. The highest BCUT2D eigenvalue weighted by molar-refractivity contribution is 9.10. The number of hydrogen-bond acceptors (Lipinski definition) is 2. The summed E-state index contributed by atoms with van der Waals surface area (Å²) in [4.78, 5) is 0. The zero-order valence-corrected chi connectivity index (χ0v) is 12.3. The van der Waals surface area contributed by atoms with E-state index in [0.717, 1.165) is 23.7 Å². The lowest BCUT2D eigenvalue weighted by molar-refractivity contribution is 0.538. The molecule has 0 amide bonds. The average Bonchev–Trinajstić information content (AvgIpc) is 2.23. The van der Waals surface area contributed by atoms with E-state index in [2.05, 4.69) is 15.9 Å². The summed E-state index contributed by atoms with van der Waals surface area (Å²) in [7, 11) is 0. The third-order valence-electron chi connectivity index (χ3n) is 2.62. The standard InChI is InChI=1S/C12H18BrFN2.ClH/c1-8-6-9(13)7-10(12(8)14)11(16)4-2-3-5-15;/h6-7,11H,2-5,15-16H2,1H3;1H/t11-;/m0./s1. The third kappa shape index (κ3) is 4.92. The van der Waals surface area contributed by atoms with Crippen molar-refractivity contribution in [2.24, 2.45) is 11.5 Å². The van der Waals surface area contributed by atoms with Crippen molar-refractivity contribution in [1.29, 1.82) is 0 Å². The van der Waals surface area contributed by atoms with E-state index < -0.39 is 0 Å². The summed E-state index contributed by atoms with van der Waals surface area (Å²) in [6.07, 6.45) is 2.63. The number of unbranched alkanes of at least 4 members (excludes halogenated alkanes) is 1. The van der Waals surface area contributed by atoms with E-state index in [4.69, 9.17) is 11.5 Å². The minimum atomic E-state index is -0.247. The fourth-order valence-electron chi connectivity index (χ4n) is 1.69. The van der Waals surface area contributed by atoms with Gasteiger partial charge < -0.3 is 11.5 Å². The molecule has 1 aromatic rings. The summed E-state index contributed by atoms with van der Waals surface area (Å²) in [6, 6.07) is 3.27. The zero-order valence-electron chi connectivity index (χ0n) is 9.88. The molecule has 4 N–H and O–H groups in total. The molecule has 0 bridgehead atoms. The molecule has 1 rings (SSSR count). The van der Waals surface area contributed by atoms with Crippen LogP contribution < -0.4 is 11.5 Å². The number of aryl methyl sites for hydroxylation is 1. The van der Waals surface area contributed by atoms with Gasteiger partial charge in [0.15, 0.2) is 0 Å². The summed E-state index contributed by atoms with van der Waals surface area (Å²) >= 11 is 3.36. The molecule has 17 heavy (non-hydrogen) atoms. The fourth-order valence-corrected chi connectivity index (χ4v) is 2.28. The number of halogens is 3. The Morgan fingerprint density at radius 2 is 2.00 bits per heavy atom. The molecule has 0 aromatic heterocycles. The largest absolute Gasteiger partial charge is 0.330 e. The molecule has 0 aliphatic carbocycles. The normalized spacial score (nSPS) is 12.1. The average molecular weight is 326 g/mol. The second-order valence-corrected chi connectivity index (χ2v) is 4.93. The van der Waals surface area contributed by atoms with Crippen LogP contribution in [0.3, 0.4) is 0 Å². The summed E-state index contributed by atoms with van der Waals surface area (Å²) in [5, 5.41) is 0. The molecule has 0 aliphatic rings. The Kier molecular flexibility index (Phi) is 7.96. The van der Waals surface area contributed by atoms with E-state index in [0.29, 0.717) is 17.7 Å². The Balaban J connectivity index is 0.00000256. The van der Waals surface area contributed by atoms with Crippen molar-refractivity contribution in [3.05, 3.63) is 33.5 Å². The second-order valence-electron chi connectivity index (χ2n) is 4.02. The molecular formula is C12H19BrClFN2. The molecule has 0 spiro atoms. The lowest BCUT2D eigenvalue weighted by atomic mass is 9.99. The number of hydrogen-bond donors (Lipinski definition) is 2. The van der Waals surface area contributed by atoms with Gasteiger partial charge in [0, 0.05) is 16.1 Å². The van der Waals surface area contributed by atoms with Crippen LogP contribution in [0.2, 0.25) is 0 Å². The van der Waals surface area contributed by atoms with Gasteiger partial charge in [-0.25, -0.2) is 4.39 Å². The SMILES string of the molecule is Cc1cc(Br)cc([C@@H](N)CCCCN)c1F.Cl. The quantitative estimate of drug-likeness (QED) is 0.815. The highest BCUT2D eigenvalue weighted by Gasteiger charge is 2.13. The van der Waals surface area contributed by atoms with Crippen LogP contribution in [-0.4, -0.2) is 6.54 Å². The van der Waals surface area contributed by atoms with Gasteiger partial charge in [0.05, 0.1) is 0 Å². The predicted octanol–water partition coefficient (Wildman–Crippen LogP) is 3.45. The maximum Gasteiger partial charge on any atom is 0.130 e. The van der Waals surface area contributed by atoms with Crippen LogP contribution >= 0.6 is 28.3 Å². The third-order valence-corrected chi connectivity index (χ3v) is 3.07. The van der Waals surface area contributed by atoms with Crippen LogP contribution in [0.25, 0.3) is 0 Å². The highest BCUT2D eigenvalue weighted by atomic mass is 79.9. The van der Waals surface area contributed by atoms with Crippen LogP contribution in [0.1, 0.15) is 36.4 Å². The van der Waals surface area contributed by atoms with Crippen molar-refractivity contribution >= 4 is 28.3 Å². The number of nitrogens with two attached hydrogens (primary N) is 2. The molecule has 5 heteroatoms. The summed E-state index contributed by atoms with van der Waals surface area (Å²) in [6.45, 7) is 2.41. The zero-order chi connectivity index (χ0) is 12.1. The van der Waals surface area contributed by atoms with Gasteiger partial charge in [0.1, 0.15) is 5.82 Å². The van der Waals surface area contributed by atoms with Crippen molar-refractivity contribution in [2.75, 3.05) is 6.54 Å². The minimum absolute atomic E-state index is 0. The lowest BCUT2D eigenvalue weighted by Crippen LogP contribution is -2.13. The first-order chi connectivity index (χ1) is 7.56. The Labute approximate surface area is 116 Å². The van der Waals surface area contributed by atoms with E-state index in [9.17, 15) is 4.39 Å². The van der Waals surface area contributed by atoms with E-state index in [-0.39, 0.29) is 24.3 Å². The van der Waals surface area contributed by atoms with Gasteiger partial charge in [-0.05, 0) is 44.0 Å². The molecule has 0 fully saturated rings. The predicted molar refractivity (Wildman–Crippen MR) is 75.9 cm³/mol. The van der Waals surface area contributed by atoms with Crippen LogP contribution in [0.5, 0.6) is 0 Å². The van der Waals surface area contributed by atoms with Gasteiger partial charge >= 0.3 is 0 Å². The van der Waals surface area contributed by atoms with Crippen LogP contribution in [-0.2, 0) is 0 Å². The van der Waals surface area contributed by atoms with Crippen molar-refractivity contribution in [3.63, 3.8) is 0 Å². The molecular weight excluding hydrogens is 307 g/mol. The molecule has 0 heterocycles. The van der Waals surface area contributed by atoms with Gasteiger partial charge in [0.25, 0.3) is 0 Å². The number of rotatable bonds is 5. The molecule has 0 radical (unpaired) electrons. The van der Waals surface area contributed by atoms with E-state index in [1.165, 1.54) is 0 Å². The lowest BCUT2D eigenvalue weighted by Gasteiger charge is -2.14. The van der Waals surface area contributed by atoms with Crippen molar-refractivity contribution in [3.8, 4) is 0 Å². The smallest absolute Gasteiger partial charge is 0.130 e. The molecule has 0 saturated carbocycles. The number of benzene rings is 1. The summed E-state index contributed by atoms with van der Waals surface area (Å²) in [5.41, 5.74) is 12.6.